The van der Waals surface area contributed by atoms with E-state index in [1.807, 2.05) is 23.7 Å². The summed E-state index contributed by atoms with van der Waals surface area (Å²) in [5.41, 5.74) is 6.45. The van der Waals surface area contributed by atoms with E-state index in [1.54, 1.807) is 12.4 Å². The zero-order chi connectivity index (χ0) is 10.7. The summed E-state index contributed by atoms with van der Waals surface area (Å²) in [6, 6.07) is 3.84. The third kappa shape index (κ3) is 1.87. The van der Waals surface area contributed by atoms with Crippen LogP contribution < -0.4 is 5.73 Å². The van der Waals surface area contributed by atoms with Crippen LogP contribution >= 0.6 is 0 Å². The minimum absolute atomic E-state index is 0.582. The van der Waals surface area contributed by atoms with Crippen LogP contribution in [0.1, 0.15) is 5.82 Å². The Morgan fingerprint density at radius 2 is 2.27 bits per heavy atom. The molecule has 2 aromatic heterocycles. The van der Waals surface area contributed by atoms with Crippen molar-refractivity contribution in [2.24, 2.45) is 12.8 Å². The molecule has 2 rings (SSSR count). The number of hydrogen-bond acceptors (Lipinski definition) is 4. The second-order valence-electron chi connectivity index (χ2n) is 3.28. The number of aromatic nitrogens is 4. The van der Waals surface area contributed by atoms with Crippen molar-refractivity contribution < 1.29 is 0 Å². The Hall–Kier alpha value is -1.75. The predicted molar refractivity (Wildman–Crippen MR) is 57.0 cm³/mol. The highest BCUT2D eigenvalue weighted by Crippen LogP contribution is 2.15. The van der Waals surface area contributed by atoms with Crippen molar-refractivity contribution in [2.45, 2.75) is 6.42 Å². The van der Waals surface area contributed by atoms with Gasteiger partial charge in [0.15, 0.2) is 5.82 Å². The average molecular weight is 203 g/mol. The molecule has 0 unspecified atom stereocenters. The third-order valence-corrected chi connectivity index (χ3v) is 2.25. The summed E-state index contributed by atoms with van der Waals surface area (Å²) < 4.78 is 1.95. The third-order valence-electron chi connectivity index (χ3n) is 2.25. The Kier molecular flexibility index (Phi) is 2.73. The molecule has 2 aromatic rings. The molecule has 15 heavy (non-hydrogen) atoms. The van der Waals surface area contributed by atoms with Crippen LogP contribution in [0.3, 0.4) is 0 Å². The van der Waals surface area contributed by atoms with Gasteiger partial charge in [-0.2, -0.15) is 0 Å². The Labute approximate surface area is 88.0 Å². The molecule has 0 aliphatic heterocycles. The Morgan fingerprint density at radius 1 is 1.40 bits per heavy atom. The van der Waals surface area contributed by atoms with Crippen molar-refractivity contribution in [3.8, 4) is 11.4 Å². The lowest BCUT2D eigenvalue weighted by Crippen LogP contribution is -2.08. The summed E-state index contributed by atoms with van der Waals surface area (Å²) in [4.78, 5) is 4.05. The molecule has 0 fully saturated rings. The van der Waals surface area contributed by atoms with Crippen LogP contribution in [0.15, 0.2) is 24.5 Å². The number of nitrogens with two attached hydrogens (primary N) is 1. The van der Waals surface area contributed by atoms with Gasteiger partial charge >= 0.3 is 0 Å². The van der Waals surface area contributed by atoms with E-state index in [-0.39, 0.29) is 0 Å². The fourth-order valence-corrected chi connectivity index (χ4v) is 1.45. The normalized spacial score (nSPS) is 10.5. The summed E-state index contributed by atoms with van der Waals surface area (Å²) >= 11 is 0. The van der Waals surface area contributed by atoms with Gasteiger partial charge in [-0.1, -0.05) is 0 Å². The van der Waals surface area contributed by atoms with E-state index in [0.717, 1.165) is 23.6 Å². The van der Waals surface area contributed by atoms with Crippen molar-refractivity contribution in [3.05, 3.63) is 30.4 Å². The molecule has 0 saturated carbocycles. The van der Waals surface area contributed by atoms with Crippen molar-refractivity contribution >= 4 is 0 Å². The highest BCUT2D eigenvalue weighted by atomic mass is 15.3. The van der Waals surface area contributed by atoms with Crippen LogP contribution in [-0.2, 0) is 13.5 Å². The molecule has 0 aromatic carbocycles. The van der Waals surface area contributed by atoms with Gasteiger partial charge in [0.25, 0.3) is 0 Å². The van der Waals surface area contributed by atoms with Gasteiger partial charge in [0.05, 0.1) is 0 Å². The number of hydrogen-bond donors (Lipinski definition) is 1. The molecule has 2 N–H and O–H groups in total. The van der Waals surface area contributed by atoms with Crippen molar-refractivity contribution in [1.82, 2.24) is 19.7 Å². The van der Waals surface area contributed by atoms with Gasteiger partial charge in [0, 0.05) is 31.4 Å². The van der Waals surface area contributed by atoms with Gasteiger partial charge in [-0.3, -0.25) is 4.98 Å². The quantitative estimate of drug-likeness (QED) is 0.782. The Bertz CT molecular complexity index is 434. The first-order chi connectivity index (χ1) is 7.33. The van der Waals surface area contributed by atoms with Gasteiger partial charge in [-0.25, -0.2) is 0 Å². The fourth-order valence-electron chi connectivity index (χ4n) is 1.45. The number of pyridine rings is 1. The largest absolute Gasteiger partial charge is 0.330 e. The summed E-state index contributed by atoms with van der Waals surface area (Å²) in [7, 11) is 1.94. The lowest BCUT2D eigenvalue weighted by atomic mass is 10.3. The lowest BCUT2D eigenvalue weighted by molar-refractivity contribution is 0.779. The Balaban J connectivity index is 2.38. The maximum absolute atomic E-state index is 5.48. The minimum atomic E-state index is 0.582. The zero-order valence-electron chi connectivity index (χ0n) is 8.59. The van der Waals surface area contributed by atoms with Crippen molar-refractivity contribution in [1.29, 1.82) is 0 Å². The molecule has 0 saturated heterocycles. The van der Waals surface area contributed by atoms with E-state index < -0.39 is 0 Å². The summed E-state index contributed by atoms with van der Waals surface area (Å²) in [6.45, 7) is 0.582. The van der Waals surface area contributed by atoms with Gasteiger partial charge in [-0.05, 0) is 18.7 Å². The van der Waals surface area contributed by atoms with Gasteiger partial charge in [-0.15, -0.1) is 10.2 Å². The van der Waals surface area contributed by atoms with E-state index in [4.69, 9.17) is 5.73 Å². The molecule has 0 amide bonds. The second kappa shape index (κ2) is 4.18. The van der Waals surface area contributed by atoms with Crippen LogP contribution in [0.25, 0.3) is 11.4 Å². The molecule has 5 heteroatoms. The molecular weight excluding hydrogens is 190 g/mol. The van der Waals surface area contributed by atoms with Gasteiger partial charge < -0.3 is 10.3 Å². The SMILES string of the molecule is Cn1c(CCN)nnc1-c1cccnc1. The topological polar surface area (TPSA) is 69.6 Å². The summed E-state index contributed by atoms with van der Waals surface area (Å²) in [5.74, 6) is 1.72. The van der Waals surface area contributed by atoms with E-state index in [2.05, 4.69) is 15.2 Å². The first-order valence-electron chi connectivity index (χ1n) is 4.81. The Morgan fingerprint density at radius 3 is 2.93 bits per heavy atom. The second-order valence-corrected chi connectivity index (χ2v) is 3.28. The summed E-state index contributed by atoms with van der Waals surface area (Å²) in [5, 5.41) is 8.21. The lowest BCUT2D eigenvalue weighted by Gasteiger charge is -2.02. The highest BCUT2D eigenvalue weighted by molar-refractivity contribution is 5.53. The number of rotatable bonds is 3. The molecule has 0 bridgehead atoms. The van der Waals surface area contributed by atoms with Crippen LogP contribution in [0, 0.1) is 0 Å². The maximum Gasteiger partial charge on any atom is 0.165 e. The average Bonchev–Trinajstić information content (AvgIpc) is 2.63. The standard InChI is InChI=1S/C10H13N5/c1-15-9(4-5-11)13-14-10(15)8-3-2-6-12-7-8/h2-3,6-7H,4-5,11H2,1H3. The van der Waals surface area contributed by atoms with E-state index in [1.165, 1.54) is 0 Å². The minimum Gasteiger partial charge on any atom is -0.330 e. The molecule has 78 valence electrons. The first kappa shape index (κ1) is 9.79. The molecular formula is C10H13N5. The van der Waals surface area contributed by atoms with Crippen LogP contribution in [0.4, 0.5) is 0 Å². The fraction of sp³-hybridized carbons (Fsp3) is 0.300. The molecule has 0 atom stereocenters. The number of nitrogens with zero attached hydrogens (tertiary/aromatic N) is 4. The van der Waals surface area contributed by atoms with Crippen LogP contribution in [0.2, 0.25) is 0 Å². The van der Waals surface area contributed by atoms with E-state index in [9.17, 15) is 0 Å². The van der Waals surface area contributed by atoms with E-state index >= 15 is 0 Å². The molecule has 0 aliphatic carbocycles. The smallest absolute Gasteiger partial charge is 0.165 e. The molecule has 0 spiro atoms. The van der Waals surface area contributed by atoms with Crippen molar-refractivity contribution in [3.63, 3.8) is 0 Å². The molecule has 5 nitrogen and oxygen atoms in total. The summed E-state index contributed by atoms with van der Waals surface area (Å²) in [6.07, 6.45) is 4.25. The van der Waals surface area contributed by atoms with Gasteiger partial charge in [0.1, 0.15) is 5.82 Å². The highest BCUT2D eigenvalue weighted by Gasteiger charge is 2.09. The van der Waals surface area contributed by atoms with E-state index in [0.29, 0.717) is 6.54 Å². The zero-order valence-corrected chi connectivity index (χ0v) is 8.59. The maximum atomic E-state index is 5.48. The van der Waals surface area contributed by atoms with Crippen LogP contribution in [0.5, 0.6) is 0 Å². The predicted octanol–water partition coefficient (Wildman–Crippen LogP) is 0.378. The molecule has 2 heterocycles. The molecule has 0 radical (unpaired) electrons. The van der Waals surface area contributed by atoms with Crippen molar-refractivity contribution in [2.75, 3.05) is 6.54 Å². The van der Waals surface area contributed by atoms with Gasteiger partial charge in [0.2, 0.25) is 0 Å². The monoisotopic (exact) mass is 203 g/mol. The molecule has 0 aliphatic rings. The first-order valence-corrected chi connectivity index (χ1v) is 4.81. The van der Waals surface area contributed by atoms with Crippen LogP contribution in [-0.4, -0.2) is 26.3 Å².